The molecule has 0 radical (unpaired) electrons. The van der Waals surface area contributed by atoms with Crippen LogP contribution in [0.5, 0.6) is 103 Å². The molecule has 6 atom stereocenters. The third-order valence-electron chi connectivity index (χ3n) is 22.5. The molecule has 6 N–H and O–H groups in total. The molecular weight excluding hydrogens is 1900 g/mol. The number of benzene rings is 12. The van der Waals surface area contributed by atoms with Crippen LogP contribution in [-0.2, 0) is 38.5 Å². The van der Waals surface area contributed by atoms with E-state index in [0.717, 1.165) is 67.6 Å². The lowest BCUT2D eigenvalue weighted by atomic mass is 10.0. The third-order valence-corrected chi connectivity index (χ3v) is 22.5. The Morgan fingerprint density at radius 1 is 0.193 bits per heavy atom. The zero-order valence-electron chi connectivity index (χ0n) is 123. The van der Waals surface area contributed by atoms with Crippen molar-refractivity contribution in [2.24, 2.45) is 0 Å². The maximum absolute atomic E-state index is 10.4. The highest BCUT2D eigenvalue weighted by atomic mass is 16.5. The van der Waals surface area contributed by atoms with Crippen molar-refractivity contribution in [3.8, 4) is 103 Å². The SMILES string of the molecule is [2H]C(O)(CCCCc1ccc(OC)c(OC)c1)C([2H])([2H])Oc1cccc(C)c1.[2H]C([2H])([2H])Oc1cc(CCCCC([2H])(O)C([2H])([2H])Oc2cccc(C)c2)ccc1OC.[2H]C([2H])([2H])Oc1cc(CCCCC([2H])(O)C([2H])([2H])Oc2cccc(C)c2)ccc1OC.[2H]C([2H])([2H])Oc1ccc(CCCCC([2H])(O)C([2H])([2H])Oc2cccc(C)c2)cc1OC.[2H]C([2H])([2H])Oc1ccc(CCCCC([2H])(O)C([2H])([2H])Oc2cccc(C)c2)cc1OC.[2H]C([2H])([2H])Oc1ccc(CCCCC([2H])(O)C([2H])([2H])Oc2cccc(C)c2)cc1OC([2H])([2H])[2H]. The summed E-state index contributed by atoms with van der Waals surface area (Å²) in [5.74, 6) is 4.00. The van der Waals surface area contributed by atoms with Crippen LogP contribution in [0.15, 0.2) is 255 Å². The average molecular weight is 2100 g/mol. The van der Waals surface area contributed by atoms with Crippen molar-refractivity contribution >= 4 is 0 Å². The van der Waals surface area contributed by atoms with Gasteiger partial charge in [0.05, 0.1) is 171 Å². The smallest absolute Gasteiger partial charge is 0.160 e. The van der Waals surface area contributed by atoms with Crippen LogP contribution in [-0.4, -0.2) is 191 Å². The molecule has 12 aromatic carbocycles. The van der Waals surface area contributed by atoms with Gasteiger partial charge in [-0.2, -0.15) is 0 Å². The standard InChI is InChI=1S/6C21H28O4/c6*1-16-7-6-10-19(13-16)25-15-18(22)9-5-4-8-17-11-12-20(23-2)21(14-17)24-3/h6*6-7,10-14,18,22H,4-5,8-9,15H2,1-3H3/i2D3,3D3,15D2,18D;2*3D3,15D2,18D;2*2D3,15D2,18D;15D2,18D. The second kappa shape index (κ2) is 72.3. The van der Waals surface area contributed by atoms with Crippen molar-refractivity contribution in [3.63, 3.8) is 0 Å². The van der Waals surface area contributed by atoms with Gasteiger partial charge in [-0.25, -0.2) is 0 Å². The van der Waals surface area contributed by atoms with Gasteiger partial charge in [0.15, 0.2) is 69.0 Å². The molecule has 0 spiro atoms. The Morgan fingerprint density at radius 3 is 0.487 bits per heavy atom. The van der Waals surface area contributed by atoms with E-state index in [2.05, 4.69) is 0 Å². The van der Waals surface area contributed by atoms with Gasteiger partial charge in [-0.05, 0) is 369 Å². The maximum Gasteiger partial charge on any atom is 0.160 e. The lowest BCUT2D eigenvalue weighted by molar-refractivity contribution is 0.0976. The molecule has 0 heterocycles. The molecule has 816 valence electrons. The normalized spacial score (nSPS) is 17.7. The molecule has 0 fully saturated rings. The Kier molecular flexibility index (Phi) is 38.0. The van der Waals surface area contributed by atoms with E-state index in [1.165, 1.54) is 52.7 Å². The summed E-state index contributed by atoms with van der Waals surface area (Å²) in [6.45, 7) is -4.51. The molecule has 0 aliphatic rings. The van der Waals surface area contributed by atoms with Gasteiger partial charge in [-0.15, -0.1) is 0 Å². The topological polar surface area (TPSA) is 288 Å². The van der Waals surface area contributed by atoms with Crippen molar-refractivity contribution < 1.29 is 165 Å². The minimum absolute atomic E-state index is 0.0426. The Labute approximate surface area is 943 Å². The zero-order valence-corrected chi connectivity index (χ0v) is 87.3. The van der Waals surface area contributed by atoms with Crippen LogP contribution < -0.4 is 85.3 Å². The van der Waals surface area contributed by atoms with Crippen LogP contribution in [0.25, 0.3) is 0 Å². The second-order valence-electron chi connectivity index (χ2n) is 34.6. The molecule has 0 saturated heterocycles. The predicted molar refractivity (Wildman–Crippen MR) is 599 cm³/mol. The van der Waals surface area contributed by atoms with Crippen molar-refractivity contribution in [1.29, 1.82) is 0 Å². The Balaban J connectivity index is 0.000000298. The summed E-state index contributed by atoms with van der Waals surface area (Å²) in [5.41, 5.74) is 10.3. The first kappa shape index (κ1) is 78.9. The molecule has 24 nitrogen and oxygen atoms in total. The Bertz CT molecular complexity index is 7140. The monoisotopic (exact) mass is 2100 g/mol. The zero-order chi connectivity index (χ0) is 140. The van der Waals surface area contributed by atoms with Crippen molar-refractivity contribution in [3.05, 3.63) is 322 Å². The maximum atomic E-state index is 10.4. The molecular formula is C126H168O24. The van der Waals surface area contributed by atoms with Crippen LogP contribution in [0.2, 0.25) is 0 Å². The van der Waals surface area contributed by atoms with E-state index in [1.54, 1.807) is 190 Å². The van der Waals surface area contributed by atoms with Crippen molar-refractivity contribution in [1.82, 2.24) is 0 Å². The van der Waals surface area contributed by atoms with Crippen LogP contribution in [0.4, 0.5) is 0 Å². The van der Waals surface area contributed by atoms with Gasteiger partial charge >= 0.3 is 0 Å². The van der Waals surface area contributed by atoms with Gasteiger partial charge < -0.3 is 116 Å². The number of aliphatic hydroxyl groups is 6. The number of ether oxygens (including phenoxy) is 18. The van der Waals surface area contributed by atoms with Gasteiger partial charge in [0.2, 0.25) is 0 Å². The van der Waals surface area contributed by atoms with E-state index in [0.29, 0.717) is 149 Å². The fourth-order valence-corrected chi connectivity index (χ4v) is 14.5. The fourth-order valence-electron chi connectivity index (χ4n) is 14.5. The van der Waals surface area contributed by atoms with Crippen molar-refractivity contribution in [2.45, 2.75) is 232 Å². The lowest BCUT2D eigenvalue weighted by Gasteiger charge is -2.13. The molecule has 12 aromatic rings. The van der Waals surface area contributed by atoms with Crippen LogP contribution in [0, 0.1) is 41.5 Å². The van der Waals surface area contributed by atoms with Crippen LogP contribution in [0.1, 0.15) is 232 Å². The molecule has 0 aromatic heterocycles. The highest BCUT2D eigenvalue weighted by molar-refractivity contribution is 5.48. The molecule has 0 amide bonds. The highest BCUT2D eigenvalue weighted by Crippen LogP contribution is 2.36. The molecule has 24 heteroatoms. The van der Waals surface area contributed by atoms with Gasteiger partial charge in [0, 0.05) is 0 Å². The second-order valence-corrected chi connectivity index (χ2v) is 34.6. The number of rotatable bonds is 60. The summed E-state index contributed by atoms with van der Waals surface area (Å²) in [6.07, 6.45) is -6.50. The van der Waals surface area contributed by atoms with E-state index in [4.69, 9.17) is 135 Å². The minimum atomic E-state index is -2.81. The van der Waals surface area contributed by atoms with Gasteiger partial charge in [0.25, 0.3) is 0 Å². The third kappa shape index (κ3) is 49.5. The molecule has 0 saturated carbocycles. The summed E-state index contributed by atoms with van der Waals surface area (Å²) in [5, 5.41) is 62.3. The predicted octanol–water partition coefficient (Wildman–Crippen LogP) is 25.0. The summed E-state index contributed by atoms with van der Waals surface area (Å²) >= 11 is 0. The number of hydrogen-bond acceptors (Lipinski definition) is 24. The largest absolute Gasteiger partial charge is 0.493 e. The molecule has 0 bridgehead atoms. The fraction of sp³-hybridized carbons (Fsp3) is 0.429. The Morgan fingerprint density at radius 2 is 0.340 bits per heavy atom. The minimum Gasteiger partial charge on any atom is -0.493 e. The van der Waals surface area contributed by atoms with Crippen molar-refractivity contribution in [2.75, 3.05) is 124 Å². The summed E-state index contributed by atoms with van der Waals surface area (Å²) in [7, 11) is -7.11. The number of hydrogen-bond donors (Lipinski definition) is 6. The van der Waals surface area contributed by atoms with Crippen LogP contribution >= 0.6 is 0 Å². The first-order valence-corrected chi connectivity index (χ1v) is 49.0. The van der Waals surface area contributed by atoms with E-state index in [1.807, 2.05) is 96.1 Å². The van der Waals surface area contributed by atoms with E-state index < -0.39 is 118 Å². The van der Waals surface area contributed by atoms with Gasteiger partial charge in [-0.1, -0.05) is 148 Å². The van der Waals surface area contributed by atoms with E-state index in [9.17, 15) is 30.6 Å². The highest BCUT2D eigenvalue weighted by Gasteiger charge is 2.18. The molecule has 6 unspecified atom stereocenters. The van der Waals surface area contributed by atoms with E-state index in [-0.39, 0.29) is 108 Å². The Hall–Kier alpha value is -13.2. The quantitative estimate of drug-likeness (QED) is 0.0193. The van der Waals surface area contributed by atoms with E-state index >= 15 is 0 Å². The summed E-state index contributed by atoms with van der Waals surface area (Å²) in [4.78, 5) is 0. The number of aryl methyl sites for hydroxylation is 12. The van der Waals surface area contributed by atoms with Gasteiger partial charge in [0.1, 0.15) is 73.9 Å². The average Bonchev–Trinajstić information content (AvgIpc) is 0.813. The van der Waals surface area contributed by atoms with Gasteiger partial charge in [-0.3, -0.25) is 0 Å². The molecule has 0 aliphatic carbocycles. The summed E-state index contributed by atoms with van der Waals surface area (Å²) < 4.78 is 367. The first-order chi connectivity index (χ1) is 86.0. The summed E-state index contributed by atoms with van der Waals surface area (Å²) in [6, 6.07) is 70.3. The molecule has 150 heavy (non-hydrogen) atoms. The first-order valence-electron chi connectivity index (χ1n) is 67.0. The van der Waals surface area contributed by atoms with Crippen LogP contribution in [0.3, 0.4) is 0 Å². The lowest BCUT2D eigenvalue weighted by Crippen LogP contribution is -2.17. The molecule has 0 aliphatic heterocycles. The molecule has 12 rings (SSSR count). The number of unbranched alkanes of at least 4 members (excludes halogenated alkanes) is 6. The number of methoxy groups -OCH3 is 12.